The fraction of sp³-hybridized carbons (Fsp3) is 0.300. The molecule has 0 spiro atoms. The number of hydrogen-bond acceptors (Lipinski definition) is 7. The summed E-state index contributed by atoms with van der Waals surface area (Å²) >= 11 is 0. The monoisotopic (exact) mass is 402 g/mol. The molecular formula is C20H22N2O7. The highest BCUT2D eigenvalue weighted by molar-refractivity contribution is 5.94. The Kier molecular flexibility index (Phi) is 7.96. The Labute approximate surface area is 167 Å². The molecule has 2 aromatic rings. The number of methoxy groups -OCH3 is 1. The van der Waals surface area contributed by atoms with Gasteiger partial charge in [-0.15, -0.1) is 0 Å². The second kappa shape index (κ2) is 10.6. The number of amides is 1. The number of non-ortho nitro benzene ring substituents is 1. The number of esters is 1. The molecule has 0 radical (unpaired) electrons. The van der Waals surface area contributed by atoms with Crippen LogP contribution in [0.4, 0.5) is 11.4 Å². The molecule has 1 amide bonds. The predicted octanol–water partition coefficient (Wildman–Crippen LogP) is 3.25. The Morgan fingerprint density at radius 3 is 2.52 bits per heavy atom. The van der Waals surface area contributed by atoms with Crippen molar-refractivity contribution < 1.29 is 28.7 Å². The van der Waals surface area contributed by atoms with Crippen molar-refractivity contribution in [3.8, 4) is 11.5 Å². The number of nitrogens with one attached hydrogen (secondary N) is 1. The van der Waals surface area contributed by atoms with Gasteiger partial charge in [0.15, 0.2) is 6.61 Å². The van der Waals surface area contributed by atoms with Gasteiger partial charge in [0, 0.05) is 18.6 Å². The van der Waals surface area contributed by atoms with Crippen LogP contribution in [0.5, 0.6) is 11.5 Å². The van der Waals surface area contributed by atoms with Crippen LogP contribution in [0.15, 0.2) is 42.5 Å². The highest BCUT2D eigenvalue weighted by Crippen LogP contribution is 2.28. The lowest BCUT2D eigenvalue weighted by Gasteiger charge is -2.10. The molecule has 0 unspecified atom stereocenters. The topological polar surface area (TPSA) is 117 Å². The van der Waals surface area contributed by atoms with Crippen LogP contribution in [0, 0.1) is 17.0 Å². The normalized spacial score (nSPS) is 10.1. The molecule has 0 saturated heterocycles. The maximum atomic E-state index is 12.0. The summed E-state index contributed by atoms with van der Waals surface area (Å²) < 4.78 is 15.5. The van der Waals surface area contributed by atoms with Gasteiger partial charge in [0.05, 0.1) is 24.3 Å². The number of nitro groups is 1. The molecule has 29 heavy (non-hydrogen) atoms. The van der Waals surface area contributed by atoms with Crippen molar-refractivity contribution in [3.05, 3.63) is 58.1 Å². The molecule has 0 aromatic heterocycles. The summed E-state index contributed by atoms with van der Waals surface area (Å²) in [6.45, 7) is 1.81. The summed E-state index contributed by atoms with van der Waals surface area (Å²) in [6, 6.07) is 11.3. The molecule has 0 aliphatic heterocycles. The minimum Gasteiger partial charge on any atom is -0.495 e. The number of aryl methyl sites for hydroxylation is 1. The number of nitrogens with zero attached hydrogens (tertiary/aromatic N) is 1. The van der Waals surface area contributed by atoms with E-state index in [4.69, 9.17) is 14.2 Å². The van der Waals surface area contributed by atoms with Crippen LogP contribution < -0.4 is 14.8 Å². The van der Waals surface area contributed by atoms with Crippen LogP contribution in [0.1, 0.15) is 18.4 Å². The molecule has 0 saturated carbocycles. The summed E-state index contributed by atoms with van der Waals surface area (Å²) in [4.78, 5) is 34.0. The largest absolute Gasteiger partial charge is 0.495 e. The SMILES string of the molecule is COc1ccc([N+](=O)[O-])cc1NC(=O)COC(=O)CCCOc1ccc(C)cc1. The average molecular weight is 402 g/mol. The van der Waals surface area contributed by atoms with E-state index in [0.29, 0.717) is 18.8 Å². The lowest BCUT2D eigenvalue weighted by molar-refractivity contribution is -0.384. The Morgan fingerprint density at radius 2 is 1.86 bits per heavy atom. The molecule has 9 nitrogen and oxygen atoms in total. The van der Waals surface area contributed by atoms with Crippen molar-refractivity contribution in [3.63, 3.8) is 0 Å². The zero-order chi connectivity index (χ0) is 21.2. The van der Waals surface area contributed by atoms with Gasteiger partial charge in [-0.1, -0.05) is 17.7 Å². The zero-order valence-corrected chi connectivity index (χ0v) is 16.2. The third-order valence-corrected chi connectivity index (χ3v) is 3.85. The molecule has 0 heterocycles. The molecule has 2 aromatic carbocycles. The van der Waals surface area contributed by atoms with Gasteiger partial charge in [-0.05, 0) is 31.5 Å². The number of carbonyl (C=O) groups excluding carboxylic acids is 2. The van der Waals surface area contributed by atoms with E-state index >= 15 is 0 Å². The van der Waals surface area contributed by atoms with Gasteiger partial charge < -0.3 is 19.5 Å². The highest BCUT2D eigenvalue weighted by atomic mass is 16.6. The summed E-state index contributed by atoms with van der Waals surface area (Å²) in [5.74, 6) is -0.204. The quantitative estimate of drug-likeness (QED) is 0.280. The molecule has 0 aliphatic rings. The number of hydrogen-bond donors (Lipinski definition) is 1. The van der Waals surface area contributed by atoms with Crippen LogP contribution in [-0.2, 0) is 14.3 Å². The predicted molar refractivity (Wildman–Crippen MR) is 105 cm³/mol. The summed E-state index contributed by atoms with van der Waals surface area (Å²) in [5, 5.41) is 13.3. The van der Waals surface area contributed by atoms with E-state index in [1.54, 1.807) is 0 Å². The summed E-state index contributed by atoms with van der Waals surface area (Å²) in [7, 11) is 1.37. The van der Waals surface area contributed by atoms with Crippen LogP contribution in [-0.4, -0.2) is 37.1 Å². The molecular weight excluding hydrogens is 380 g/mol. The van der Waals surface area contributed by atoms with E-state index in [2.05, 4.69) is 5.32 Å². The lowest BCUT2D eigenvalue weighted by atomic mass is 10.2. The van der Waals surface area contributed by atoms with Crippen molar-refractivity contribution in [2.75, 3.05) is 25.6 Å². The van der Waals surface area contributed by atoms with Crippen LogP contribution in [0.2, 0.25) is 0 Å². The van der Waals surface area contributed by atoms with Crippen molar-refractivity contribution in [1.82, 2.24) is 0 Å². The maximum absolute atomic E-state index is 12.0. The Balaban J connectivity index is 1.73. The van der Waals surface area contributed by atoms with E-state index in [1.165, 1.54) is 25.3 Å². The number of nitro benzene ring substituents is 1. The summed E-state index contributed by atoms with van der Waals surface area (Å²) in [5.41, 5.74) is 1.04. The van der Waals surface area contributed by atoms with Gasteiger partial charge in [-0.25, -0.2) is 0 Å². The van der Waals surface area contributed by atoms with Gasteiger partial charge in [0.25, 0.3) is 11.6 Å². The molecule has 9 heteroatoms. The second-order valence-electron chi connectivity index (χ2n) is 6.12. The molecule has 1 N–H and O–H groups in total. The minimum atomic E-state index is -0.631. The van der Waals surface area contributed by atoms with Crippen LogP contribution in [0.25, 0.3) is 0 Å². The van der Waals surface area contributed by atoms with Gasteiger partial charge in [0.2, 0.25) is 0 Å². The van der Waals surface area contributed by atoms with E-state index in [0.717, 1.165) is 5.56 Å². The van der Waals surface area contributed by atoms with Crippen molar-refractivity contribution in [2.45, 2.75) is 19.8 Å². The Hall–Kier alpha value is -3.62. The van der Waals surface area contributed by atoms with Gasteiger partial charge in [0.1, 0.15) is 11.5 Å². The standard InChI is InChI=1S/C20H22N2O7/c1-14-5-8-16(9-6-14)28-11-3-4-20(24)29-13-19(23)21-17-12-15(22(25)26)7-10-18(17)27-2/h5-10,12H,3-4,11,13H2,1-2H3,(H,21,23). The number of ether oxygens (including phenoxy) is 3. The van der Waals surface area contributed by atoms with Crippen molar-refractivity contribution in [1.29, 1.82) is 0 Å². The van der Waals surface area contributed by atoms with E-state index in [9.17, 15) is 19.7 Å². The Bertz CT molecular complexity index is 866. The molecule has 154 valence electrons. The van der Waals surface area contributed by atoms with Crippen molar-refractivity contribution >= 4 is 23.3 Å². The van der Waals surface area contributed by atoms with E-state index in [1.807, 2.05) is 31.2 Å². The van der Waals surface area contributed by atoms with Gasteiger partial charge in [-0.3, -0.25) is 19.7 Å². The highest BCUT2D eigenvalue weighted by Gasteiger charge is 2.15. The molecule has 0 aliphatic carbocycles. The molecule has 0 bridgehead atoms. The first-order chi connectivity index (χ1) is 13.9. The smallest absolute Gasteiger partial charge is 0.306 e. The third kappa shape index (κ3) is 7.13. The first-order valence-corrected chi connectivity index (χ1v) is 8.86. The number of anilines is 1. The van der Waals surface area contributed by atoms with Crippen molar-refractivity contribution in [2.24, 2.45) is 0 Å². The number of carbonyl (C=O) groups is 2. The van der Waals surface area contributed by atoms with Crippen LogP contribution in [0.3, 0.4) is 0 Å². The van der Waals surface area contributed by atoms with E-state index < -0.39 is 23.4 Å². The first kappa shape index (κ1) is 21.7. The van der Waals surface area contributed by atoms with E-state index in [-0.39, 0.29) is 23.5 Å². The minimum absolute atomic E-state index is 0.0965. The lowest BCUT2D eigenvalue weighted by Crippen LogP contribution is -2.21. The maximum Gasteiger partial charge on any atom is 0.306 e. The fourth-order valence-corrected chi connectivity index (χ4v) is 2.35. The molecule has 2 rings (SSSR count). The van der Waals surface area contributed by atoms with Crippen LogP contribution >= 0.6 is 0 Å². The molecule has 0 fully saturated rings. The Morgan fingerprint density at radius 1 is 1.14 bits per heavy atom. The molecule has 0 atom stereocenters. The summed E-state index contributed by atoms with van der Waals surface area (Å²) in [6.07, 6.45) is 0.534. The zero-order valence-electron chi connectivity index (χ0n) is 16.2. The average Bonchev–Trinajstić information content (AvgIpc) is 2.71. The number of benzene rings is 2. The first-order valence-electron chi connectivity index (χ1n) is 8.86. The number of rotatable bonds is 10. The second-order valence-corrected chi connectivity index (χ2v) is 6.12. The van der Waals surface area contributed by atoms with Gasteiger partial charge >= 0.3 is 5.97 Å². The third-order valence-electron chi connectivity index (χ3n) is 3.85. The fourth-order valence-electron chi connectivity index (χ4n) is 2.35. The van der Waals surface area contributed by atoms with Gasteiger partial charge in [-0.2, -0.15) is 0 Å².